The Morgan fingerprint density at radius 1 is 1.12 bits per heavy atom. The van der Waals surface area contributed by atoms with Crippen LogP contribution in [-0.2, 0) is 4.74 Å². The van der Waals surface area contributed by atoms with Crippen LogP contribution in [0.15, 0.2) is 23.8 Å². The van der Waals surface area contributed by atoms with Crippen molar-refractivity contribution in [3.05, 3.63) is 39.4 Å². The summed E-state index contributed by atoms with van der Waals surface area (Å²) in [6.07, 6.45) is 5.10. The van der Waals surface area contributed by atoms with Gasteiger partial charge in [-0.2, -0.15) is 0 Å². The molecule has 0 bridgehead atoms. The van der Waals surface area contributed by atoms with Gasteiger partial charge in [-0.1, -0.05) is 34.9 Å². The summed E-state index contributed by atoms with van der Waals surface area (Å²) in [6.45, 7) is 5.17. The van der Waals surface area contributed by atoms with Crippen LogP contribution < -0.4 is 0 Å². The van der Waals surface area contributed by atoms with Crippen molar-refractivity contribution in [2.45, 2.75) is 19.3 Å². The first-order valence-corrected chi connectivity index (χ1v) is 9.16. The standard InChI is InChI=1S/C18H22Cl2N2O2/c19-16-2-3-17(20)15(13-16)12-14-4-8-21(9-5-14)6-1-7-22-10-11-24-18(22)23/h2-3,12-13H,1,4-11H2. The minimum absolute atomic E-state index is 0.169. The van der Waals surface area contributed by atoms with Crippen LogP contribution in [0.1, 0.15) is 24.8 Å². The lowest BCUT2D eigenvalue weighted by molar-refractivity contribution is 0.156. The van der Waals surface area contributed by atoms with Crippen LogP contribution >= 0.6 is 23.2 Å². The molecule has 0 spiro atoms. The van der Waals surface area contributed by atoms with Crippen LogP contribution in [0.5, 0.6) is 0 Å². The number of piperidine rings is 1. The Morgan fingerprint density at radius 3 is 2.62 bits per heavy atom. The number of carbonyl (C=O) groups is 1. The van der Waals surface area contributed by atoms with Crippen molar-refractivity contribution in [2.75, 3.05) is 39.3 Å². The minimum atomic E-state index is -0.169. The number of likely N-dealkylation sites (tertiary alicyclic amines) is 1. The van der Waals surface area contributed by atoms with Crippen LogP contribution in [0.25, 0.3) is 6.08 Å². The van der Waals surface area contributed by atoms with Gasteiger partial charge in [-0.15, -0.1) is 0 Å². The minimum Gasteiger partial charge on any atom is -0.448 e. The molecular weight excluding hydrogens is 347 g/mol. The van der Waals surface area contributed by atoms with Gasteiger partial charge < -0.3 is 14.5 Å². The van der Waals surface area contributed by atoms with Crippen LogP contribution in [0.4, 0.5) is 4.79 Å². The Balaban J connectivity index is 1.44. The fourth-order valence-electron chi connectivity index (χ4n) is 3.17. The third kappa shape index (κ3) is 4.65. The Bertz CT molecular complexity index is 623. The molecule has 0 unspecified atom stereocenters. The third-order valence-corrected chi connectivity index (χ3v) is 5.14. The zero-order chi connectivity index (χ0) is 16.9. The van der Waals surface area contributed by atoms with Crippen molar-refractivity contribution in [1.29, 1.82) is 0 Å². The maximum atomic E-state index is 11.4. The predicted octanol–water partition coefficient (Wildman–Crippen LogP) is 4.31. The third-order valence-electron chi connectivity index (χ3n) is 4.56. The molecule has 2 aliphatic heterocycles. The number of benzene rings is 1. The molecule has 0 aliphatic carbocycles. The number of nitrogens with zero attached hydrogens (tertiary/aromatic N) is 2. The molecule has 2 aliphatic rings. The Kier molecular flexibility index (Phi) is 6.04. The van der Waals surface area contributed by atoms with Crippen LogP contribution in [-0.4, -0.2) is 55.2 Å². The average molecular weight is 369 g/mol. The average Bonchev–Trinajstić information content (AvgIpc) is 2.98. The maximum absolute atomic E-state index is 11.4. The number of rotatable bonds is 5. The van der Waals surface area contributed by atoms with Crippen molar-refractivity contribution < 1.29 is 9.53 Å². The molecule has 0 atom stereocenters. The highest BCUT2D eigenvalue weighted by Crippen LogP contribution is 2.26. The first kappa shape index (κ1) is 17.6. The highest BCUT2D eigenvalue weighted by molar-refractivity contribution is 6.34. The summed E-state index contributed by atoms with van der Waals surface area (Å²) in [4.78, 5) is 15.6. The van der Waals surface area contributed by atoms with E-state index >= 15 is 0 Å². The predicted molar refractivity (Wildman–Crippen MR) is 97.7 cm³/mol. The zero-order valence-electron chi connectivity index (χ0n) is 13.6. The highest BCUT2D eigenvalue weighted by atomic mass is 35.5. The smallest absolute Gasteiger partial charge is 0.409 e. The summed E-state index contributed by atoms with van der Waals surface area (Å²) in [5.74, 6) is 0. The molecule has 0 radical (unpaired) electrons. The molecular formula is C18H22Cl2N2O2. The van der Waals surface area contributed by atoms with E-state index in [0.29, 0.717) is 11.6 Å². The van der Waals surface area contributed by atoms with Crippen LogP contribution in [0.2, 0.25) is 10.0 Å². The fourth-order valence-corrected chi connectivity index (χ4v) is 3.52. The van der Waals surface area contributed by atoms with E-state index in [1.54, 1.807) is 4.90 Å². The largest absolute Gasteiger partial charge is 0.448 e. The van der Waals surface area contributed by atoms with E-state index < -0.39 is 0 Å². The van der Waals surface area contributed by atoms with Crippen molar-refractivity contribution in [2.24, 2.45) is 0 Å². The normalized spacial score (nSPS) is 18.8. The van der Waals surface area contributed by atoms with Gasteiger partial charge in [-0.3, -0.25) is 0 Å². The lowest BCUT2D eigenvalue weighted by atomic mass is 10.0. The molecule has 24 heavy (non-hydrogen) atoms. The summed E-state index contributed by atoms with van der Waals surface area (Å²) in [5.41, 5.74) is 2.42. The number of cyclic esters (lactones) is 1. The summed E-state index contributed by atoms with van der Waals surface area (Å²) in [5, 5.41) is 1.45. The van der Waals surface area contributed by atoms with E-state index in [1.165, 1.54) is 5.57 Å². The van der Waals surface area contributed by atoms with E-state index in [9.17, 15) is 4.79 Å². The van der Waals surface area contributed by atoms with Crippen molar-refractivity contribution in [3.63, 3.8) is 0 Å². The topological polar surface area (TPSA) is 32.8 Å². The summed E-state index contributed by atoms with van der Waals surface area (Å²) < 4.78 is 4.94. The van der Waals surface area contributed by atoms with Crippen LogP contribution in [0, 0.1) is 0 Å². The van der Waals surface area contributed by atoms with Gasteiger partial charge in [-0.25, -0.2) is 4.79 Å². The van der Waals surface area contributed by atoms with Crippen molar-refractivity contribution >= 4 is 35.4 Å². The lowest BCUT2D eigenvalue weighted by Crippen LogP contribution is -2.34. The van der Waals surface area contributed by atoms with Gasteiger partial charge in [0.2, 0.25) is 0 Å². The fraction of sp³-hybridized carbons (Fsp3) is 0.500. The Labute approximate surface area is 153 Å². The van der Waals surface area contributed by atoms with Gasteiger partial charge in [0.25, 0.3) is 0 Å². The quantitative estimate of drug-likeness (QED) is 0.775. The molecule has 2 saturated heterocycles. The molecule has 4 nitrogen and oxygen atoms in total. The van der Waals surface area contributed by atoms with Gasteiger partial charge in [0, 0.05) is 29.7 Å². The lowest BCUT2D eigenvalue weighted by Gasteiger charge is -2.28. The second kappa shape index (κ2) is 8.24. The molecule has 0 aromatic heterocycles. The summed E-state index contributed by atoms with van der Waals surface area (Å²) >= 11 is 12.3. The van der Waals surface area contributed by atoms with E-state index in [1.807, 2.05) is 18.2 Å². The number of halogens is 2. The van der Waals surface area contributed by atoms with E-state index in [4.69, 9.17) is 27.9 Å². The maximum Gasteiger partial charge on any atom is 0.409 e. The number of carbonyl (C=O) groups excluding carboxylic acids is 1. The monoisotopic (exact) mass is 368 g/mol. The Hall–Kier alpha value is -1.23. The molecule has 1 aromatic carbocycles. The SMILES string of the molecule is O=C1OCCN1CCCN1CCC(=Cc2cc(Cl)ccc2Cl)CC1. The highest BCUT2D eigenvalue weighted by Gasteiger charge is 2.21. The van der Waals surface area contributed by atoms with E-state index in [0.717, 1.165) is 62.6 Å². The first-order chi connectivity index (χ1) is 11.6. The van der Waals surface area contributed by atoms with Gasteiger partial charge in [0.1, 0.15) is 6.61 Å². The first-order valence-electron chi connectivity index (χ1n) is 8.40. The number of hydrogen-bond donors (Lipinski definition) is 0. The summed E-state index contributed by atoms with van der Waals surface area (Å²) in [7, 11) is 0. The van der Waals surface area contributed by atoms with Crippen LogP contribution in [0.3, 0.4) is 0 Å². The Morgan fingerprint density at radius 2 is 1.92 bits per heavy atom. The van der Waals surface area contributed by atoms with Crippen molar-refractivity contribution in [3.8, 4) is 0 Å². The molecule has 0 saturated carbocycles. The van der Waals surface area contributed by atoms with Gasteiger partial charge in [-0.05, 0) is 49.6 Å². The second-order valence-electron chi connectivity index (χ2n) is 6.27. The van der Waals surface area contributed by atoms with Crippen molar-refractivity contribution in [1.82, 2.24) is 9.80 Å². The second-order valence-corrected chi connectivity index (χ2v) is 7.11. The molecule has 2 heterocycles. The van der Waals surface area contributed by atoms with E-state index in [-0.39, 0.29) is 6.09 Å². The molecule has 0 N–H and O–H groups in total. The zero-order valence-corrected chi connectivity index (χ0v) is 15.2. The summed E-state index contributed by atoms with van der Waals surface area (Å²) in [6, 6.07) is 5.57. The molecule has 1 aromatic rings. The van der Waals surface area contributed by atoms with E-state index in [2.05, 4.69) is 11.0 Å². The number of hydrogen-bond acceptors (Lipinski definition) is 3. The van der Waals surface area contributed by atoms with Gasteiger partial charge >= 0.3 is 6.09 Å². The molecule has 3 rings (SSSR count). The number of ether oxygens (including phenoxy) is 1. The molecule has 1 amide bonds. The molecule has 130 valence electrons. The van der Waals surface area contributed by atoms with Gasteiger partial charge in [0.05, 0.1) is 6.54 Å². The number of amides is 1. The van der Waals surface area contributed by atoms with Gasteiger partial charge in [0.15, 0.2) is 0 Å². The molecule has 2 fully saturated rings. The molecule has 6 heteroatoms.